The average Bonchev–Trinajstić information content (AvgIpc) is 3.32. The van der Waals surface area contributed by atoms with Crippen LogP contribution in [0.25, 0.3) is 11.0 Å². The number of hydrogen-bond acceptors (Lipinski definition) is 8. The van der Waals surface area contributed by atoms with Crippen molar-refractivity contribution in [3.63, 3.8) is 0 Å². The average molecular weight is 461 g/mol. The van der Waals surface area contributed by atoms with E-state index in [0.717, 1.165) is 52.9 Å². The maximum Gasteiger partial charge on any atom is 0.253 e. The van der Waals surface area contributed by atoms with Gasteiger partial charge in [0.05, 0.1) is 24.0 Å². The lowest BCUT2D eigenvalue weighted by Crippen LogP contribution is -2.44. The van der Waals surface area contributed by atoms with E-state index in [9.17, 15) is 4.79 Å². The lowest BCUT2D eigenvalue weighted by molar-refractivity contribution is 0.0950. The predicted octanol–water partition coefficient (Wildman–Crippen LogP) is 2.58. The molecule has 0 radical (unpaired) electrons. The molecule has 1 aliphatic rings. The quantitative estimate of drug-likeness (QED) is 0.453. The van der Waals surface area contributed by atoms with E-state index >= 15 is 0 Å². The molecule has 4 aromatic heterocycles. The first-order valence-corrected chi connectivity index (χ1v) is 11.6. The number of hydrogen-bond donors (Lipinski definition) is 2. The topological polar surface area (TPSA) is 103 Å². The second kappa shape index (κ2) is 9.55. The Bertz CT molecular complexity index is 1230. The van der Waals surface area contributed by atoms with Crippen molar-refractivity contribution in [1.29, 1.82) is 0 Å². The smallest absolute Gasteiger partial charge is 0.253 e. The van der Waals surface area contributed by atoms with Crippen molar-refractivity contribution < 1.29 is 4.79 Å². The van der Waals surface area contributed by atoms with Crippen molar-refractivity contribution in [2.75, 3.05) is 38.1 Å². The summed E-state index contributed by atoms with van der Waals surface area (Å²) >= 11 is 1.62. The fourth-order valence-electron chi connectivity index (χ4n) is 3.60. The van der Waals surface area contributed by atoms with Crippen LogP contribution in [0.5, 0.6) is 0 Å². The number of amides is 1. The van der Waals surface area contributed by atoms with Crippen LogP contribution in [0.1, 0.15) is 16.1 Å². The van der Waals surface area contributed by atoms with Crippen LogP contribution in [-0.4, -0.2) is 69.2 Å². The van der Waals surface area contributed by atoms with Gasteiger partial charge in [0.25, 0.3) is 5.91 Å². The zero-order valence-corrected chi connectivity index (χ0v) is 19.0. The molecule has 0 bridgehead atoms. The molecule has 5 rings (SSSR count). The molecule has 0 aromatic carbocycles. The molecule has 1 fully saturated rings. The Morgan fingerprint density at radius 2 is 1.79 bits per heavy atom. The zero-order valence-electron chi connectivity index (χ0n) is 18.2. The Morgan fingerprint density at radius 3 is 2.52 bits per heavy atom. The number of H-pyrrole nitrogens is 1. The number of rotatable bonds is 6. The van der Waals surface area contributed by atoms with E-state index < -0.39 is 0 Å². The van der Waals surface area contributed by atoms with Crippen LogP contribution in [-0.2, 0) is 6.54 Å². The Hall–Kier alpha value is -3.50. The second-order valence-corrected chi connectivity index (χ2v) is 9.09. The minimum atomic E-state index is -0.197. The third-order valence-corrected chi connectivity index (χ3v) is 6.52. The number of nitrogens with one attached hydrogen (secondary N) is 2. The number of piperazine rings is 1. The van der Waals surface area contributed by atoms with Gasteiger partial charge in [0, 0.05) is 59.9 Å². The first-order chi connectivity index (χ1) is 16.1. The molecule has 1 saturated heterocycles. The first kappa shape index (κ1) is 21.4. The van der Waals surface area contributed by atoms with Gasteiger partial charge >= 0.3 is 0 Å². The third kappa shape index (κ3) is 5.12. The highest BCUT2D eigenvalue weighted by molar-refractivity contribution is 7.99. The standard InChI is InChI=1S/C23H24N8OS/c1-30-6-8-31(9-7-30)21-5-4-20(15-25-21)33-19-3-2-18(24-14-19)13-27-23(32)17-10-16-12-28-29-22(16)26-11-17/h2-5,10-12,14-15H,6-9,13H2,1H3,(H,27,32)(H,26,28,29). The molecular formula is C23H24N8OS. The molecule has 168 valence electrons. The van der Waals surface area contributed by atoms with Crippen LogP contribution in [0.2, 0.25) is 0 Å². The monoisotopic (exact) mass is 460 g/mol. The zero-order chi connectivity index (χ0) is 22.6. The lowest BCUT2D eigenvalue weighted by Gasteiger charge is -2.33. The molecule has 10 heteroatoms. The number of pyridine rings is 3. The van der Waals surface area contributed by atoms with Gasteiger partial charge in [-0.1, -0.05) is 11.8 Å². The van der Waals surface area contributed by atoms with Crippen LogP contribution in [0.3, 0.4) is 0 Å². The van der Waals surface area contributed by atoms with E-state index in [1.165, 1.54) is 6.20 Å². The summed E-state index contributed by atoms with van der Waals surface area (Å²) in [5.74, 6) is 0.830. The molecule has 4 aromatic rings. The summed E-state index contributed by atoms with van der Waals surface area (Å²) in [5, 5.41) is 10.4. The van der Waals surface area contributed by atoms with Gasteiger partial charge in [-0.25, -0.2) is 9.97 Å². The first-order valence-electron chi connectivity index (χ1n) is 10.7. The molecule has 0 saturated carbocycles. The van der Waals surface area contributed by atoms with E-state index in [4.69, 9.17) is 0 Å². The number of carbonyl (C=O) groups is 1. The summed E-state index contributed by atoms with van der Waals surface area (Å²) in [6, 6.07) is 9.88. The number of anilines is 1. The molecule has 9 nitrogen and oxygen atoms in total. The number of nitrogens with zero attached hydrogens (tertiary/aromatic N) is 6. The number of aromatic nitrogens is 5. The van der Waals surface area contributed by atoms with E-state index in [1.54, 1.807) is 24.0 Å². The molecular weight excluding hydrogens is 436 g/mol. The Labute approximate surface area is 195 Å². The highest BCUT2D eigenvalue weighted by atomic mass is 32.2. The van der Waals surface area contributed by atoms with Crippen LogP contribution in [0.15, 0.2) is 64.9 Å². The third-order valence-electron chi connectivity index (χ3n) is 5.56. The summed E-state index contributed by atoms with van der Waals surface area (Å²) in [6.07, 6.45) is 6.91. The van der Waals surface area contributed by atoms with Gasteiger partial charge in [-0.05, 0) is 37.4 Å². The Balaban J connectivity index is 1.14. The van der Waals surface area contributed by atoms with Crippen molar-refractivity contribution in [3.8, 4) is 0 Å². The van der Waals surface area contributed by atoms with Crippen LogP contribution < -0.4 is 10.2 Å². The Kier molecular flexibility index (Phi) is 6.18. The van der Waals surface area contributed by atoms with Gasteiger partial charge in [-0.15, -0.1) is 0 Å². The number of likely N-dealkylation sites (N-methyl/N-ethyl adjacent to an activating group) is 1. The molecule has 0 atom stereocenters. The Morgan fingerprint density at radius 1 is 1.00 bits per heavy atom. The van der Waals surface area contributed by atoms with Gasteiger partial charge in [0.1, 0.15) is 5.82 Å². The van der Waals surface area contributed by atoms with Crippen molar-refractivity contribution in [3.05, 3.63) is 66.4 Å². The number of fused-ring (bicyclic) bond motifs is 1. The second-order valence-electron chi connectivity index (χ2n) is 7.94. The maximum atomic E-state index is 12.4. The molecule has 33 heavy (non-hydrogen) atoms. The van der Waals surface area contributed by atoms with E-state index in [2.05, 4.69) is 59.4 Å². The van der Waals surface area contributed by atoms with Crippen molar-refractivity contribution in [1.82, 2.24) is 35.4 Å². The molecule has 5 heterocycles. The molecule has 0 spiro atoms. The molecule has 2 N–H and O–H groups in total. The summed E-state index contributed by atoms with van der Waals surface area (Å²) in [5.41, 5.74) is 1.93. The van der Waals surface area contributed by atoms with Gasteiger partial charge in [0.2, 0.25) is 0 Å². The van der Waals surface area contributed by atoms with Crippen LogP contribution in [0, 0.1) is 0 Å². The fourth-order valence-corrected chi connectivity index (χ4v) is 4.36. The van der Waals surface area contributed by atoms with Crippen molar-refractivity contribution in [2.24, 2.45) is 0 Å². The maximum absolute atomic E-state index is 12.4. The van der Waals surface area contributed by atoms with Crippen molar-refractivity contribution in [2.45, 2.75) is 16.3 Å². The number of aromatic amines is 1. The minimum Gasteiger partial charge on any atom is -0.354 e. The van der Waals surface area contributed by atoms with Gasteiger partial charge < -0.3 is 15.1 Å². The highest BCUT2D eigenvalue weighted by Gasteiger charge is 2.15. The fraction of sp³-hybridized carbons (Fsp3) is 0.261. The minimum absolute atomic E-state index is 0.197. The van der Waals surface area contributed by atoms with E-state index in [-0.39, 0.29) is 5.91 Å². The summed E-state index contributed by atoms with van der Waals surface area (Å²) in [6.45, 7) is 4.48. The SMILES string of the molecule is CN1CCN(c2ccc(Sc3ccc(CNC(=O)c4cnc5[nH]ncc5c4)nc3)cn2)CC1. The van der Waals surface area contributed by atoms with Gasteiger partial charge in [-0.2, -0.15) is 5.10 Å². The molecule has 0 unspecified atom stereocenters. The summed E-state index contributed by atoms with van der Waals surface area (Å²) < 4.78 is 0. The molecule has 1 amide bonds. The summed E-state index contributed by atoms with van der Waals surface area (Å²) in [4.78, 5) is 32.5. The van der Waals surface area contributed by atoms with Crippen LogP contribution in [0.4, 0.5) is 5.82 Å². The number of carbonyl (C=O) groups excluding carboxylic acids is 1. The van der Waals surface area contributed by atoms with Crippen molar-refractivity contribution >= 4 is 34.5 Å². The highest BCUT2D eigenvalue weighted by Crippen LogP contribution is 2.27. The van der Waals surface area contributed by atoms with E-state index in [0.29, 0.717) is 17.8 Å². The molecule has 0 aliphatic carbocycles. The summed E-state index contributed by atoms with van der Waals surface area (Å²) in [7, 11) is 2.15. The normalized spacial score (nSPS) is 14.5. The molecule has 1 aliphatic heterocycles. The van der Waals surface area contributed by atoms with Crippen LogP contribution >= 0.6 is 11.8 Å². The van der Waals surface area contributed by atoms with E-state index in [1.807, 2.05) is 24.5 Å². The largest absolute Gasteiger partial charge is 0.354 e. The van der Waals surface area contributed by atoms with Gasteiger partial charge in [0.15, 0.2) is 5.65 Å². The lowest BCUT2D eigenvalue weighted by atomic mass is 10.2. The van der Waals surface area contributed by atoms with Gasteiger partial charge in [-0.3, -0.25) is 14.9 Å². The predicted molar refractivity (Wildman–Crippen MR) is 127 cm³/mol.